The zero-order chi connectivity index (χ0) is 19.9. The normalized spacial score (nSPS) is 12.0. The van der Waals surface area contributed by atoms with Crippen LogP contribution in [0, 0.1) is 0 Å². The van der Waals surface area contributed by atoms with E-state index >= 15 is 0 Å². The number of ether oxygens (including phenoxy) is 2. The molecule has 0 atom stereocenters. The van der Waals surface area contributed by atoms with Gasteiger partial charge in [-0.25, -0.2) is 4.79 Å². The number of benzene rings is 2. The van der Waals surface area contributed by atoms with E-state index in [1.54, 1.807) is 0 Å². The first-order valence-electron chi connectivity index (χ1n) is 8.86. The predicted molar refractivity (Wildman–Crippen MR) is 103 cm³/mol. The topological polar surface area (TPSA) is 96.9 Å². The number of carboxylic acid groups (broad SMARTS) is 1. The Morgan fingerprint density at radius 1 is 1.00 bits per heavy atom. The molecular weight excluding hydrogens is 360 g/mol. The highest BCUT2D eigenvalue weighted by atomic mass is 16.5. The Bertz CT molecular complexity index is 835. The van der Waals surface area contributed by atoms with E-state index in [4.69, 9.17) is 14.6 Å². The Morgan fingerprint density at radius 2 is 1.61 bits per heavy atom. The van der Waals surface area contributed by atoms with Gasteiger partial charge in [0.05, 0.1) is 6.54 Å². The fourth-order valence-corrected chi connectivity index (χ4v) is 3.19. The lowest BCUT2D eigenvalue weighted by Crippen LogP contribution is -2.35. The molecule has 3 rings (SSSR count). The van der Waals surface area contributed by atoms with Crippen molar-refractivity contribution in [3.05, 3.63) is 72.1 Å². The molecule has 28 heavy (non-hydrogen) atoms. The van der Waals surface area contributed by atoms with Crippen LogP contribution in [0.4, 0.5) is 0 Å². The first-order chi connectivity index (χ1) is 13.6. The van der Waals surface area contributed by atoms with E-state index in [1.807, 2.05) is 24.3 Å². The molecule has 7 heteroatoms. The first kappa shape index (κ1) is 19.4. The molecule has 0 saturated heterocycles. The number of rotatable bonds is 10. The number of hydrogen-bond acceptors (Lipinski definition) is 5. The number of nitrogens with one attached hydrogen (secondary N) is 2. The summed E-state index contributed by atoms with van der Waals surface area (Å²) in [5, 5.41) is 13.7. The summed E-state index contributed by atoms with van der Waals surface area (Å²) in [6.45, 7) is 3.52. The molecule has 2 aromatic carbocycles. The molecule has 2 aromatic rings. The van der Waals surface area contributed by atoms with Crippen LogP contribution in [0.2, 0.25) is 0 Å². The van der Waals surface area contributed by atoms with Gasteiger partial charge in [0.2, 0.25) is 5.91 Å². The van der Waals surface area contributed by atoms with Crippen molar-refractivity contribution in [2.75, 3.05) is 26.5 Å². The molecule has 0 aliphatic heterocycles. The largest absolute Gasteiger partial charge is 0.480 e. The van der Waals surface area contributed by atoms with E-state index < -0.39 is 12.6 Å². The van der Waals surface area contributed by atoms with Gasteiger partial charge < -0.3 is 25.2 Å². The molecule has 146 valence electrons. The second kappa shape index (κ2) is 9.05. The quantitative estimate of drug-likeness (QED) is 0.331. The fourth-order valence-electron chi connectivity index (χ4n) is 3.19. The molecule has 1 aliphatic rings. The molecule has 0 spiro atoms. The Hall–Kier alpha value is -3.32. The third-order valence-electron chi connectivity index (χ3n) is 4.43. The number of carbonyl (C=O) groups excluding carboxylic acids is 1. The zero-order valence-electron chi connectivity index (χ0n) is 15.3. The third-order valence-corrected chi connectivity index (χ3v) is 4.43. The summed E-state index contributed by atoms with van der Waals surface area (Å²) < 4.78 is 10.5. The summed E-state index contributed by atoms with van der Waals surface area (Å²) in [6, 6.07) is 16.5. The first-order valence-corrected chi connectivity index (χ1v) is 8.86. The van der Waals surface area contributed by atoms with Gasteiger partial charge >= 0.3 is 5.97 Å². The average molecular weight is 382 g/mol. The standard InChI is InChI=1S/C21H22N2O5/c1-14(22-10-20(24)23-13-27-12-21(25)26)28-11-19-17-8-4-2-6-15(17)16-7-3-5-9-18(16)19/h2-9,19,22H,1,10-13H2,(H,23,24)(H,25,26). The van der Waals surface area contributed by atoms with Crippen LogP contribution in [0.25, 0.3) is 11.1 Å². The molecule has 7 nitrogen and oxygen atoms in total. The van der Waals surface area contributed by atoms with Crippen LogP contribution in [0.5, 0.6) is 0 Å². The highest BCUT2D eigenvalue weighted by Crippen LogP contribution is 2.44. The van der Waals surface area contributed by atoms with Gasteiger partial charge in [0.25, 0.3) is 0 Å². The summed E-state index contributed by atoms with van der Waals surface area (Å²) in [6.07, 6.45) is 0. The van der Waals surface area contributed by atoms with Gasteiger partial charge in [-0.1, -0.05) is 48.5 Å². The highest BCUT2D eigenvalue weighted by molar-refractivity contribution is 5.79. The van der Waals surface area contributed by atoms with Gasteiger partial charge in [0.1, 0.15) is 19.9 Å². The number of aliphatic carboxylic acids is 1. The number of carbonyl (C=O) groups is 2. The molecule has 0 aromatic heterocycles. The van der Waals surface area contributed by atoms with E-state index in [1.165, 1.54) is 22.3 Å². The molecule has 0 unspecified atom stereocenters. The van der Waals surface area contributed by atoms with Gasteiger partial charge in [-0.3, -0.25) is 4.79 Å². The minimum absolute atomic E-state index is 0.0485. The smallest absolute Gasteiger partial charge is 0.329 e. The Balaban J connectivity index is 1.47. The van der Waals surface area contributed by atoms with Crippen molar-refractivity contribution in [3.63, 3.8) is 0 Å². The predicted octanol–water partition coefficient (Wildman–Crippen LogP) is 2.05. The van der Waals surface area contributed by atoms with E-state index in [-0.39, 0.29) is 25.1 Å². The van der Waals surface area contributed by atoms with E-state index in [9.17, 15) is 9.59 Å². The van der Waals surface area contributed by atoms with Gasteiger partial charge in [-0.15, -0.1) is 0 Å². The van der Waals surface area contributed by atoms with Crippen molar-refractivity contribution in [2.45, 2.75) is 5.92 Å². The van der Waals surface area contributed by atoms with Gasteiger partial charge in [0.15, 0.2) is 5.88 Å². The maximum absolute atomic E-state index is 11.7. The van der Waals surface area contributed by atoms with E-state index in [0.717, 1.165) is 0 Å². The molecular formula is C21H22N2O5. The van der Waals surface area contributed by atoms with Crippen LogP contribution < -0.4 is 10.6 Å². The number of amides is 1. The maximum atomic E-state index is 11.7. The lowest BCUT2D eigenvalue weighted by molar-refractivity contribution is -0.143. The Labute approximate surface area is 163 Å². The maximum Gasteiger partial charge on any atom is 0.329 e. The second-order valence-corrected chi connectivity index (χ2v) is 6.30. The fraction of sp³-hybridized carbons (Fsp3) is 0.238. The van der Waals surface area contributed by atoms with Crippen LogP contribution >= 0.6 is 0 Å². The van der Waals surface area contributed by atoms with E-state index in [0.29, 0.717) is 12.5 Å². The minimum atomic E-state index is -1.09. The average Bonchev–Trinajstić information content (AvgIpc) is 3.02. The second-order valence-electron chi connectivity index (χ2n) is 6.30. The highest BCUT2D eigenvalue weighted by Gasteiger charge is 2.28. The molecule has 3 N–H and O–H groups in total. The number of fused-ring (bicyclic) bond motifs is 3. The molecule has 0 heterocycles. The number of hydrogen-bond donors (Lipinski definition) is 3. The number of carboxylic acids is 1. The van der Waals surface area contributed by atoms with Crippen molar-refractivity contribution >= 4 is 11.9 Å². The van der Waals surface area contributed by atoms with Crippen molar-refractivity contribution in [2.24, 2.45) is 0 Å². The summed E-state index contributed by atoms with van der Waals surface area (Å²) in [7, 11) is 0. The lowest BCUT2D eigenvalue weighted by Gasteiger charge is -2.17. The lowest BCUT2D eigenvalue weighted by atomic mass is 9.98. The summed E-state index contributed by atoms with van der Waals surface area (Å²) >= 11 is 0. The van der Waals surface area contributed by atoms with Crippen LogP contribution in [0.3, 0.4) is 0 Å². The van der Waals surface area contributed by atoms with Gasteiger partial charge in [0, 0.05) is 5.92 Å². The van der Waals surface area contributed by atoms with Crippen molar-refractivity contribution < 1.29 is 24.2 Å². The zero-order valence-corrected chi connectivity index (χ0v) is 15.3. The Morgan fingerprint density at radius 3 is 2.21 bits per heavy atom. The van der Waals surface area contributed by atoms with Crippen molar-refractivity contribution in [3.8, 4) is 11.1 Å². The van der Waals surface area contributed by atoms with Crippen molar-refractivity contribution in [1.82, 2.24) is 10.6 Å². The molecule has 1 amide bonds. The molecule has 0 saturated carbocycles. The van der Waals surface area contributed by atoms with E-state index in [2.05, 4.69) is 41.5 Å². The van der Waals surface area contributed by atoms with Crippen LogP contribution in [0.15, 0.2) is 61.0 Å². The van der Waals surface area contributed by atoms with Crippen LogP contribution in [-0.4, -0.2) is 43.5 Å². The molecule has 1 aliphatic carbocycles. The van der Waals surface area contributed by atoms with Crippen molar-refractivity contribution in [1.29, 1.82) is 0 Å². The SMILES string of the molecule is C=C(NCC(=O)NCOCC(=O)O)OCC1c2ccccc2-c2ccccc21. The molecule has 0 bridgehead atoms. The molecule has 0 radical (unpaired) electrons. The summed E-state index contributed by atoms with van der Waals surface area (Å²) in [5.41, 5.74) is 4.85. The Kier molecular flexibility index (Phi) is 6.29. The van der Waals surface area contributed by atoms with Gasteiger partial charge in [-0.05, 0) is 28.8 Å². The molecule has 0 fully saturated rings. The van der Waals surface area contributed by atoms with Crippen LogP contribution in [0.1, 0.15) is 17.0 Å². The monoisotopic (exact) mass is 382 g/mol. The van der Waals surface area contributed by atoms with Crippen LogP contribution in [-0.2, 0) is 19.1 Å². The third kappa shape index (κ3) is 4.69. The summed E-state index contributed by atoms with van der Waals surface area (Å²) in [5.74, 6) is -1.05. The van der Waals surface area contributed by atoms with Gasteiger partial charge in [-0.2, -0.15) is 0 Å². The summed E-state index contributed by atoms with van der Waals surface area (Å²) in [4.78, 5) is 22.0. The minimum Gasteiger partial charge on any atom is -0.480 e.